The molecule has 1 heterocycles. The molecule has 145 valence electrons. The Labute approximate surface area is 175 Å². The number of sulfonamides is 1. The summed E-state index contributed by atoms with van der Waals surface area (Å²) in [6, 6.07) is 25.1. The van der Waals surface area contributed by atoms with E-state index in [9.17, 15) is 8.42 Å². The highest BCUT2D eigenvalue weighted by atomic mass is 35.5. The predicted octanol–water partition coefficient (Wildman–Crippen LogP) is 4.88. The number of benzene rings is 3. The molecule has 1 aromatic heterocycles. The van der Waals surface area contributed by atoms with Crippen LogP contribution in [0.1, 0.15) is 5.56 Å². The van der Waals surface area contributed by atoms with Crippen molar-refractivity contribution < 1.29 is 8.42 Å². The van der Waals surface area contributed by atoms with Crippen molar-refractivity contribution in [2.24, 2.45) is 0 Å². The minimum absolute atomic E-state index is 0.202. The molecule has 4 rings (SSSR count). The van der Waals surface area contributed by atoms with Crippen molar-refractivity contribution in [3.05, 3.63) is 95.6 Å². The minimum atomic E-state index is -3.58. The number of nitrogens with one attached hydrogen (secondary N) is 1. The lowest BCUT2D eigenvalue weighted by molar-refractivity contribution is 0.581. The molecule has 0 spiro atoms. The molecule has 0 bridgehead atoms. The number of halogens is 1. The van der Waals surface area contributed by atoms with Gasteiger partial charge in [-0.25, -0.2) is 13.1 Å². The largest absolute Gasteiger partial charge is 0.256 e. The Hall–Kier alpha value is -2.73. The molecule has 0 fully saturated rings. The van der Waals surface area contributed by atoms with Crippen molar-refractivity contribution in [3.63, 3.8) is 0 Å². The number of pyridine rings is 1. The van der Waals surface area contributed by atoms with E-state index in [1.165, 1.54) is 12.1 Å². The van der Waals surface area contributed by atoms with Gasteiger partial charge in [-0.2, -0.15) is 0 Å². The molecule has 0 unspecified atom stereocenters. The highest BCUT2D eigenvalue weighted by molar-refractivity contribution is 7.89. The summed E-state index contributed by atoms with van der Waals surface area (Å²) in [5, 5.41) is 2.65. The highest BCUT2D eigenvalue weighted by Gasteiger charge is 2.14. The summed E-state index contributed by atoms with van der Waals surface area (Å²) < 4.78 is 27.6. The van der Waals surface area contributed by atoms with Gasteiger partial charge >= 0.3 is 0 Å². The Kier molecular flexibility index (Phi) is 5.62. The Morgan fingerprint density at radius 1 is 0.931 bits per heavy atom. The maximum Gasteiger partial charge on any atom is 0.240 e. The van der Waals surface area contributed by atoms with Crippen LogP contribution in [0.4, 0.5) is 0 Å². The zero-order chi connectivity index (χ0) is 20.3. The van der Waals surface area contributed by atoms with Gasteiger partial charge in [-0.15, -0.1) is 0 Å². The van der Waals surface area contributed by atoms with Gasteiger partial charge in [-0.1, -0.05) is 54.1 Å². The Morgan fingerprint density at radius 3 is 2.41 bits per heavy atom. The summed E-state index contributed by atoms with van der Waals surface area (Å²) in [7, 11) is -3.58. The second-order valence-electron chi connectivity index (χ2n) is 6.55. The first-order valence-corrected chi connectivity index (χ1v) is 11.0. The van der Waals surface area contributed by atoms with Gasteiger partial charge in [0.15, 0.2) is 0 Å². The highest BCUT2D eigenvalue weighted by Crippen LogP contribution is 2.29. The number of fused-ring (bicyclic) bond motifs is 1. The molecule has 0 amide bonds. The van der Waals surface area contributed by atoms with Crippen LogP contribution in [0.5, 0.6) is 0 Å². The van der Waals surface area contributed by atoms with E-state index in [0.717, 1.165) is 27.6 Å². The molecule has 3 aromatic carbocycles. The zero-order valence-electron chi connectivity index (χ0n) is 15.5. The van der Waals surface area contributed by atoms with Crippen LogP contribution in [-0.2, 0) is 16.4 Å². The third-order valence-electron chi connectivity index (χ3n) is 4.69. The first-order valence-electron chi connectivity index (χ1n) is 9.13. The lowest BCUT2D eigenvalue weighted by atomic mass is 9.96. The molecule has 1 radical (unpaired) electrons. The zero-order valence-corrected chi connectivity index (χ0v) is 17.0. The summed E-state index contributed by atoms with van der Waals surface area (Å²) in [6.45, 7) is 0.296. The molecule has 0 aliphatic carbocycles. The summed E-state index contributed by atoms with van der Waals surface area (Å²) in [5.41, 5.74) is 2.87. The van der Waals surface area contributed by atoms with Gasteiger partial charge in [0, 0.05) is 29.4 Å². The molecular weight excluding hydrogens is 404 g/mol. The van der Waals surface area contributed by atoms with Crippen molar-refractivity contribution in [1.29, 1.82) is 0 Å². The van der Waals surface area contributed by atoms with E-state index in [2.05, 4.69) is 21.8 Å². The average Bonchev–Trinajstić information content (AvgIpc) is 2.75. The van der Waals surface area contributed by atoms with E-state index in [-0.39, 0.29) is 4.90 Å². The van der Waals surface area contributed by atoms with Gasteiger partial charge in [-0.05, 0) is 53.1 Å². The standard InChI is InChI=1S/C23H18ClN2O2S/c24-18-9-11-19(12-10-18)29(27,28)26-16-14-17-8-13-22(23-7-3-4-15-25-23)21-6-2-1-5-20(17)21/h1-6,8-13,15,26H,14,16H2. The number of hydrogen-bond acceptors (Lipinski definition) is 3. The average molecular weight is 422 g/mol. The van der Waals surface area contributed by atoms with E-state index in [1.54, 1.807) is 18.3 Å². The first-order chi connectivity index (χ1) is 14.0. The quantitative estimate of drug-likeness (QED) is 0.483. The molecule has 1 N–H and O–H groups in total. The van der Waals surface area contributed by atoms with E-state index < -0.39 is 10.0 Å². The summed E-state index contributed by atoms with van der Waals surface area (Å²) in [5.74, 6) is 0. The van der Waals surface area contributed by atoms with Crippen molar-refractivity contribution in [2.45, 2.75) is 11.3 Å². The summed E-state index contributed by atoms with van der Waals surface area (Å²) in [6.07, 6.45) is 2.32. The summed E-state index contributed by atoms with van der Waals surface area (Å²) in [4.78, 5) is 4.61. The van der Waals surface area contributed by atoms with Crippen LogP contribution >= 0.6 is 11.6 Å². The van der Waals surface area contributed by atoms with Gasteiger partial charge in [0.2, 0.25) is 10.0 Å². The lowest BCUT2D eigenvalue weighted by Gasteiger charge is -2.12. The van der Waals surface area contributed by atoms with E-state index in [1.807, 2.05) is 42.5 Å². The number of hydrogen-bond donors (Lipinski definition) is 1. The monoisotopic (exact) mass is 421 g/mol. The molecule has 4 nitrogen and oxygen atoms in total. The normalized spacial score (nSPS) is 11.6. The second kappa shape index (κ2) is 8.33. The fourth-order valence-electron chi connectivity index (χ4n) is 3.28. The van der Waals surface area contributed by atoms with E-state index in [4.69, 9.17) is 11.6 Å². The first kappa shape index (κ1) is 19.6. The summed E-state index contributed by atoms with van der Waals surface area (Å²) >= 11 is 5.84. The van der Waals surface area contributed by atoms with Crippen molar-refractivity contribution in [3.8, 4) is 11.3 Å². The van der Waals surface area contributed by atoms with E-state index >= 15 is 0 Å². The number of aromatic nitrogens is 1. The smallest absolute Gasteiger partial charge is 0.240 e. The second-order valence-corrected chi connectivity index (χ2v) is 8.75. The van der Waals surface area contributed by atoms with Gasteiger partial charge in [0.1, 0.15) is 0 Å². The third-order valence-corrected chi connectivity index (χ3v) is 6.41. The molecule has 29 heavy (non-hydrogen) atoms. The van der Waals surface area contributed by atoms with Gasteiger partial charge in [0.25, 0.3) is 0 Å². The number of nitrogens with zero attached hydrogens (tertiary/aromatic N) is 1. The van der Waals surface area contributed by atoms with Crippen LogP contribution in [-0.4, -0.2) is 19.9 Å². The molecule has 0 saturated heterocycles. The fourth-order valence-corrected chi connectivity index (χ4v) is 4.43. The van der Waals surface area contributed by atoms with Crippen LogP contribution in [0.2, 0.25) is 5.02 Å². The van der Waals surface area contributed by atoms with Gasteiger partial charge in [-0.3, -0.25) is 4.98 Å². The van der Waals surface area contributed by atoms with Crippen LogP contribution in [0.15, 0.2) is 83.9 Å². The molecular formula is C23H18ClN2O2S. The third kappa shape index (κ3) is 4.32. The van der Waals surface area contributed by atoms with Crippen LogP contribution in [0.3, 0.4) is 0 Å². The molecule has 0 aliphatic rings. The van der Waals surface area contributed by atoms with Crippen LogP contribution in [0.25, 0.3) is 22.0 Å². The molecule has 0 saturated carbocycles. The minimum Gasteiger partial charge on any atom is -0.256 e. The van der Waals surface area contributed by atoms with Crippen molar-refractivity contribution in [2.75, 3.05) is 6.54 Å². The predicted molar refractivity (Wildman–Crippen MR) is 116 cm³/mol. The topological polar surface area (TPSA) is 59.1 Å². The maximum absolute atomic E-state index is 12.5. The van der Waals surface area contributed by atoms with Gasteiger partial charge < -0.3 is 0 Å². The molecule has 4 aromatic rings. The van der Waals surface area contributed by atoms with E-state index in [0.29, 0.717) is 18.0 Å². The van der Waals surface area contributed by atoms with Crippen molar-refractivity contribution in [1.82, 2.24) is 9.71 Å². The molecule has 6 heteroatoms. The Balaban J connectivity index is 1.57. The van der Waals surface area contributed by atoms with Crippen LogP contribution in [0, 0.1) is 6.07 Å². The number of rotatable bonds is 6. The van der Waals surface area contributed by atoms with Crippen LogP contribution < -0.4 is 4.72 Å². The molecule has 0 aliphatic heterocycles. The van der Waals surface area contributed by atoms with Crippen molar-refractivity contribution >= 4 is 32.4 Å². The SMILES string of the molecule is O=S(=O)(NCCc1ccc(-c2[c]cccn2)c2ccccc12)c1ccc(Cl)cc1. The Bertz CT molecular complexity index is 1240. The fraction of sp³-hybridized carbons (Fsp3) is 0.0870. The lowest BCUT2D eigenvalue weighted by Crippen LogP contribution is -2.26. The Morgan fingerprint density at radius 2 is 1.69 bits per heavy atom. The maximum atomic E-state index is 12.5. The molecule has 0 atom stereocenters. The van der Waals surface area contributed by atoms with Gasteiger partial charge in [0.05, 0.1) is 10.6 Å².